The number of hydrogen-bond acceptors (Lipinski definition) is 3. The summed E-state index contributed by atoms with van der Waals surface area (Å²) in [5.41, 5.74) is 7.92. The SMILES string of the molecule is Nc1cnnc(Cc2ccc(F)cc2)c1. The number of aromatic nitrogens is 2. The van der Waals surface area contributed by atoms with Crippen LogP contribution in [0, 0.1) is 5.82 Å². The molecule has 1 heterocycles. The standard InChI is InChI=1S/C11H10FN3/c12-9-3-1-8(2-4-9)5-11-6-10(13)7-14-15-11/h1-4,6-7H,5H2,(H2,13,15). The summed E-state index contributed by atoms with van der Waals surface area (Å²) in [6, 6.07) is 8.06. The second-order valence-corrected chi connectivity index (χ2v) is 3.28. The van der Waals surface area contributed by atoms with Gasteiger partial charge in [0.25, 0.3) is 0 Å². The molecule has 0 saturated heterocycles. The summed E-state index contributed by atoms with van der Waals surface area (Å²) in [6.07, 6.45) is 2.10. The van der Waals surface area contributed by atoms with E-state index in [2.05, 4.69) is 10.2 Å². The van der Waals surface area contributed by atoms with E-state index in [1.807, 2.05) is 0 Å². The summed E-state index contributed by atoms with van der Waals surface area (Å²) in [4.78, 5) is 0. The number of hydrogen-bond donors (Lipinski definition) is 1. The molecule has 0 aliphatic rings. The third kappa shape index (κ3) is 2.49. The molecule has 0 unspecified atom stereocenters. The van der Waals surface area contributed by atoms with Gasteiger partial charge in [0.15, 0.2) is 0 Å². The van der Waals surface area contributed by atoms with Crippen LogP contribution in [0.25, 0.3) is 0 Å². The van der Waals surface area contributed by atoms with Crippen LogP contribution < -0.4 is 5.73 Å². The summed E-state index contributed by atoms with van der Waals surface area (Å²) in [5.74, 6) is -0.239. The molecule has 76 valence electrons. The lowest BCUT2D eigenvalue weighted by atomic mass is 10.1. The fourth-order valence-electron chi connectivity index (χ4n) is 1.33. The quantitative estimate of drug-likeness (QED) is 0.809. The van der Waals surface area contributed by atoms with Gasteiger partial charge in [0.1, 0.15) is 5.82 Å². The van der Waals surface area contributed by atoms with Crippen molar-refractivity contribution in [1.82, 2.24) is 10.2 Å². The zero-order valence-electron chi connectivity index (χ0n) is 8.02. The minimum absolute atomic E-state index is 0.239. The van der Waals surface area contributed by atoms with Crippen molar-refractivity contribution >= 4 is 5.69 Å². The topological polar surface area (TPSA) is 51.8 Å². The van der Waals surface area contributed by atoms with Crippen molar-refractivity contribution < 1.29 is 4.39 Å². The third-order valence-corrected chi connectivity index (χ3v) is 2.02. The van der Waals surface area contributed by atoms with Crippen LogP contribution in [0.15, 0.2) is 36.5 Å². The Morgan fingerprint density at radius 3 is 2.60 bits per heavy atom. The van der Waals surface area contributed by atoms with Crippen molar-refractivity contribution in [2.24, 2.45) is 0 Å². The second-order valence-electron chi connectivity index (χ2n) is 3.28. The molecule has 0 aliphatic heterocycles. The van der Waals surface area contributed by atoms with Gasteiger partial charge in [0.2, 0.25) is 0 Å². The molecule has 0 saturated carbocycles. The highest BCUT2D eigenvalue weighted by Gasteiger charge is 1.99. The lowest BCUT2D eigenvalue weighted by molar-refractivity contribution is 0.627. The van der Waals surface area contributed by atoms with Crippen LogP contribution in [0.3, 0.4) is 0 Å². The summed E-state index contributed by atoms with van der Waals surface area (Å²) < 4.78 is 12.6. The predicted molar refractivity (Wildman–Crippen MR) is 55.7 cm³/mol. The summed E-state index contributed by atoms with van der Waals surface area (Å²) >= 11 is 0. The molecule has 3 nitrogen and oxygen atoms in total. The average molecular weight is 203 g/mol. The highest BCUT2D eigenvalue weighted by Crippen LogP contribution is 2.09. The molecular formula is C11H10FN3. The van der Waals surface area contributed by atoms with Crippen LogP contribution in [-0.4, -0.2) is 10.2 Å². The number of halogens is 1. The number of rotatable bonds is 2. The van der Waals surface area contributed by atoms with Gasteiger partial charge in [-0.25, -0.2) is 4.39 Å². The smallest absolute Gasteiger partial charge is 0.123 e. The Kier molecular flexibility index (Phi) is 2.58. The minimum atomic E-state index is -0.239. The number of anilines is 1. The molecule has 0 bridgehead atoms. The van der Waals surface area contributed by atoms with Gasteiger partial charge in [-0.2, -0.15) is 10.2 Å². The van der Waals surface area contributed by atoms with Crippen LogP contribution in [0.4, 0.5) is 10.1 Å². The zero-order valence-corrected chi connectivity index (χ0v) is 8.02. The molecule has 2 N–H and O–H groups in total. The molecule has 0 spiro atoms. The lowest BCUT2D eigenvalue weighted by Gasteiger charge is -2.00. The third-order valence-electron chi connectivity index (χ3n) is 2.02. The minimum Gasteiger partial charge on any atom is -0.397 e. The molecule has 1 aromatic heterocycles. The highest BCUT2D eigenvalue weighted by molar-refractivity contribution is 5.36. The van der Waals surface area contributed by atoms with Gasteiger partial charge < -0.3 is 5.73 Å². The first-order valence-corrected chi connectivity index (χ1v) is 4.55. The van der Waals surface area contributed by atoms with E-state index >= 15 is 0 Å². The number of benzene rings is 1. The van der Waals surface area contributed by atoms with E-state index in [1.165, 1.54) is 18.3 Å². The van der Waals surface area contributed by atoms with Gasteiger partial charge in [0, 0.05) is 6.42 Å². The molecule has 2 rings (SSSR count). The molecule has 15 heavy (non-hydrogen) atoms. The summed E-state index contributed by atoms with van der Waals surface area (Å²) in [6.45, 7) is 0. The van der Waals surface area contributed by atoms with Gasteiger partial charge in [-0.1, -0.05) is 12.1 Å². The van der Waals surface area contributed by atoms with Gasteiger partial charge in [-0.3, -0.25) is 0 Å². The first-order chi connectivity index (χ1) is 7.24. The van der Waals surface area contributed by atoms with Crippen molar-refractivity contribution in [1.29, 1.82) is 0 Å². The Labute approximate surface area is 86.8 Å². The molecule has 0 amide bonds. The number of nitrogens with two attached hydrogens (primary N) is 1. The lowest BCUT2D eigenvalue weighted by Crippen LogP contribution is -1.97. The van der Waals surface area contributed by atoms with Crippen molar-refractivity contribution in [2.45, 2.75) is 6.42 Å². The van der Waals surface area contributed by atoms with Crippen LogP contribution >= 0.6 is 0 Å². The molecular weight excluding hydrogens is 193 g/mol. The van der Waals surface area contributed by atoms with Crippen LogP contribution in [0.5, 0.6) is 0 Å². The van der Waals surface area contributed by atoms with E-state index in [9.17, 15) is 4.39 Å². The Balaban J connectivity index is 2.18. The van der Waals surface area contributed by atoms with E-state index in [0.29, 0.717) is 12.1 Å². The zero-order chi connectivity index (χ0) is 10.7. The van der Waals surface area contributed by atoms with Crippen LogP contribution in [-0.2, 0) is 6.42 Å². The second kappa shape index (κ2) is 4.04. The molecule has 2 aromatic rings. The maximum atomic E-state index is 12.6. The van der Waals surface area contributed by atoms with Crippen molar-refractivity contribution in [2.75, 3.05) is 5.73 Å². The molecule has 4 heteroatoms. The van der Waals surface area contributed by atoms with Crippen LogP contribution in [0.2, 0.25) is 0 Å². The van der Waals surface area contributed by atoms with Crippen molar-refractivity contribution in [3.05, 3.63) is 53.6 Å². The fraction of sp³-hybridized carbons (Fsp3) is 0.0909. The van der Waals surface area contributed by atoms with E-state index < -0.39 is 0 Å². The molecule has 0 fully saturated rings. The number of nitrogens with zero attached hydrogens (tertiary/aromatic N) is 2. The summed E-state index contributed by atoms with van der Waals surface area (Å²) in [5, 5.41) is 7.68. The Morgan fingerprint density at radius 2 is 1.93 bits per heavy atom. The molecule has 0 radical (unpaired) electrons. The predicted octanol–water partition coefficient (Wildman–Crippen LogP) is 1.79. The maximum absolute atomic E-state index is 12.6. The maximum Gasteiger partial charge on any atom is 0.123 e. The molecule has 0 atom stereocenters. The van der Waals surface area contributed by atoms with E-state index in [4.69, 9.17) is 5.73 Å². The summed E-state index contributed by atoms with van der Waals surface area (Å²) in [7, 11) is 0. The Bertz CT molecular complexity index is 454. The Hall–Kier alpha value is -1.97. The van der Waals surface area contributed by atoms with Gasteiger partial charge >= 0.3 is 0 Å². The molecule has 1 aromatic carbocycles. The normalized spacial score (nSPS) is 10.2. The van der Waals surface area contributed by atoms with Crippen molar-refractivity contribution in [3.8, 4) is 0 Å². The van der Waals surface area contributed by atoms with E-state index in [0.717, 1.165) is 11.3 Å². The van der Waals surface area contributed by atoms with E-state index in [1.54, 1.807) is 18.2 Å². The average Bonchev–Trinajstić information content (AvgIpc) is 2.22. The van der Waals surface area contributed by atoms with Gasteiger partial charge in [-0.05, 0) is 23.8 Å². The Morgan fingerprint density at radius 1 is 1.20 bits per heavy atom. The van der Waals surface area contributed by atoms with Gasteiger partial charge in [0.05, 0.1) is 17.6 Å². The first kappa shape index (κ1) is 9.58. The monoisotopic (exact) mass is 203 g/mol. The fourth-order valence-corrected chi connectivity index (χ4v) is 1.33. The molecule has 0 aliphatic carbocycles. The highest BCUT2D eigenvalue weighted by atomic mass is 19.1. The van der Waals surface area contributed by atoms with E-state index in [-0.39, 0.29) is 5.82 Å². The first-order valence-electron chi connectivity index (χ1n) is 4.55. The van der Waals surface area contributed by atoms with Crippen LogP contribution in [0.1, 0.15) is 11.3 Å². The van der Waals surface area contributed by atoms with Gasteiger partial charge in [-0.15, -0.1) is 0 Å². The largest absolute Gasteiger partial charge is 0.397 e. The number of nitrogen functional groups attached to an aromatic ring is 1. The van der Waals surface area contributed by atoms with Crippen molar-refractivity contribution in [3.63, 3.8) is 0 Å².